The summed E-state index contributed by atoms with van der Waals surface area (Å²) >= 11 is 0. The third-order valence-electron chi connectivity index (χ3n) is 0.720. The monoisotopic (exact) mass is 88.0 g/mol. The smallest absolute Gasteiger partial charge is 0.125 e. The fraction of sp³-hybridized carbons (Fsp3) is 1.00. The Morgan fingerprint density at radius 3 is 2.67 bits per heavy atom. The first kappa shape index (κ1) is 4.05. The van der Waals surface area contributed by atoms with Gasteiger partial charge in [0.2, 0.25) is 0 Å². The summed E-state index contributed by atoms with van der Waals surface area (Å²) in [6.45, 7) is 1.41. The van der Waals surface area contributed by atoms with E-state index in [1.807, 2.05) is 0 Å². The van der Waals surface area contributed by atoms with Crippen LogP contribution in [0.15, 0.2) is 0 Å². The topological polar surface area (TPSA) is 32.4 Å². The number of hydrogen-bond acceptors (Lipinski definition) is 2. The predicted octanol–water partition coefficient (Wildman–Crippen LogP) is -0.378. The average Bonchev–Trinajstić information content (AvgIpc) is 1.86. The minimum Gasteiger partial charge on any atom is -0.362 e. The quantitative estimate of drug-likeness (QED) is 0.404. The van der Waals surface area contributed by atoms with E-state index < -0.39 is 0 Å². The van der Waals surface area contributed by atoms with Crippen molar-refractivity contribution in [2.24, 2.45) is 0 Å². The molecule has 0 saturated carbocycles. The molecule has 0 spiro atoms. The summed E-state index contributed by atoms with van der Waals surface area (Å²) in [4.78, 5) is 0. The summed E-state index contributed by atoms with van der Waals surface area (Å²) in [5, 5.41) is 10.9. The highest BCUT2D eigenvalue weighted by Gasteiger charge is 2.07. The molecule has 0 bridgehead atoms. The van der Waals surface area contributed by atoms with Gasteiger partial charge in [-0.05, 0) is 0 Å². The van der Waals surface area contributed by atoms with Crippen molar-refractivity contribution < 1.29 is 9.94 Å². The van der Waals surface area contributed by atoms with Crippen LogP contribution in [0.1, 0.15) is 0 Å². The number of ether oxygens (including phenoxy) is 1. The zero-order chi connectivity index (χ0) is 4.41. The molecule has 1 radical (unpaired) electrons. The van der Waals surface area contributed by atoms with E-state index in [9.17, 15) is 5.21 Å². The Labute approximate surface area is 36.1 Å². The molecule has 3 heteroatoms. The van der Waals surface area contributed by atoms with Crippen molar-refractivity contribution in [2.75, 3.05) is 19.9 Å². The molecule has 1 fully saturated rings. The molecular weight excluding hydrogens is 82.0 g/mol. The molecule has 6 heavy (non-hydrogen) atoms. The maximum atomic E-state index is 10.0. The molecule has 0 N–H and O–H groups in total. The second-order valence-corrected chi connectivity index (χ2v) is 1.24. The maximum Gasteiger partial charge on any atom is 0.125 e. The van der Waals surface area contributed by atoms with Crippen LogP contribution in [0.3, 0.4) is 0 Å². The summed E-state index contributed by atoms with van der Waals surface area (Å²) in [7, 11) is 0. The van der Waals surface area contributed by atoms with E-state index in [-0.39, 0.29) is 6.73 Å². The van der Waals surface area contributed by atoms with E-state index in [4.69, 9.17) is 0 Å². The first-order valence-electron chi connectivity index (χ1n) is 1.89. The zero-order valence-corrected chi connectivity index (χ0v) is 3.39. The van der Waals surface area contributed by atoms with Crippen molar-refractivity contribution >= 4 is 0 Å². The van der Waals surface area contributed by atoms with E-state index >= 15 is 0 Å². The lowest BCUT2D eigenvalue weighted by Crippen LogP contribution is -2.10. The Morgan fingerprint density at radius 1 is 1.67 bits per heavy atom. The van der Waals surface area contributed by atoms with Crippen molar-refractivity contribution in [3.8, 4) is 0 Å². The van der Waals surface area contributed by atoms with E-state index in [2.05, 4.69) is 4.74 Å². The molecule has 1 aliphatic rings. The number of rotatable bonds is 0. The zero-order valence-electron chi connectivity index (χ0n) is 3.39. The Kier molecular flexibility index (Phi) is 1.05. The van der Waals surface area contributed by atoms with Crippen LogP contribution < -0.4 is 0 Å². The molecule has 1 heterocycles. The molecule has 3 nitrogen and oxygen atoms in total. The van der Waals surface area contributed by atoms with E-state index in [1.54, 1.807) is 0 Å². The highest BCUT2D eigenvalue weighted by Crippen LogP contribution is 1.91. The maximum absolute atomic E-state index is 10.0. The number of nitrogens with zero attached hydrogens (tertiary/aromatic N) is 1. The van der Waals surface area contributed by atoms with Crippen molar-refractivity contribution in [3.05, 3.63) is 0 Å². The van der Waals surface area contributed by atoms with Crippen LogP contribution in [0.4, 0.5) is 0 Å². The van der Waals surface area contributed by atoms with Gasteiger partial charge in [-0.1, -0.05) is 0 Å². The first-order chi connectivity index (χ1) is 2.89. The number of hydrogen-bond donors (Lipinski definition) is 0. The molecular formula is C3H6NO2. The van der Waals surface area contributed by atoms with Crippen LogP contribution in [0, 0.1) is 0 Å². The van der Waals surface area contributed by atoms with Crippen LogP contribution in [0.25, 0.3) is 0 Å². The van der Waals surface area contributed by atoms with Gasteiger partial charge in [-0.15, -0.1) is 10.3 Å². The Bertz CT molecular complexity index is 42.1. The van der Waals surface area contributed by atoms with Gasteiger partial charge in [0.1, 0.15) is 6.73 Å². The molecule has 1 rings (SSSR count). The van der Waals surface area contributed by atoms with Crippen LogP contribution in [-0.4, -0.2) is 24.9 Å². The van der Waals surface area contributed by atoms with Gasteiger partial charge >= 0.3 is 0 Å². The van der Waals surface area contributed by atoms with Gasteiger partial charge in [-0.25, -0.2) is 0 Å². The summed E-state index contributed by atoms with van der Waals surface area (Å²) in [5.41, 5.74) is 0. The molecule has 0 aromatic heterocycles. The lowest BCUT2D eigenvalue weighted by atomic mass is 10.7. The van der Waals surface area contributed by atoms with E-state index in [0.717, 1.165) is 5.06 Å². The standard InChI is InChI=1S/C3H6NO2/c5-4-1-2-6-3-4/h1-3H2. The number of hydroxylamine groups is 2. The fourth-order valence-corrected chi connectivity index (χ4v) is 0.397. The Balaban J connectivity index is 2.18. The molecule has 0 aromatic rings. The normalized spacial score (nSPS) is 25.5. The van der Waals surface area contributed by atoms with Gasteiger partial charge in [0, 0.05) is 0 Å². The Morgan fingerprint density at radius 2 is 2.50 bits per heavy atom. The highest BCUT2D eigenvalue weighted by molar-refractivity contribution is 4.42. The lowest BCUT2D eigenvalue weighted by Gasteiger charge is -1.91. The second kappa shape index (κ2) is 1.55. The molecule has 1 saturated heterocycles. The molecule has 0 aromatic carbocycles. The van der Waals surface area contributed by atoms with Crippen molar-refractivity contribution in [1.29, 1.82) is 0 Å². The molecule has 1 aliphatic heterocycles. The van der Waals surface area contributed by atoms with Gasteiger partial charge in [0.25, 0.3) is 0 Å². The summed E-state index contributed by atoms with van der Waals surface area (Å²) in [5.74, 6) is 0. The van der Waals surface area contributed by atoms with Gasteiger partial charge in [-0.2, -0.15) is 0 Å². The second-order valence-electron chi connectivity index (χ2n) is 1.24. The molecule has 0 unspecified atom stereocenters. The molecule has 0 aliphatic carbocycles. The van der Waals surface area contributed by atoms with Crippen LogP contribution in [0.5, 0.6) is 0 Å². The van der Waals surface area contributed by atoms with Crippen LogP contribution in [-0.2, 0) is 9.94 Å². The van der Waals surface area contributed by atoms with Crippen LogP contribution in [0.2, 0.25) is 0 Å². The van der Waals surface area contributed by atoms with Crippen molar-refractivity contribution in [1.82, 2.24) is 5.06 Å². The van der Waals surface area contributed by atoms with Gasteiger partial charge in [0.05, 0.1) is 13.2 Å². The molecule has 0 atom stereocenters. The Hall–Kier alpha value is -0.120. The summed E-state index contributed by atoms with van der Waals surface area (Å²) in [6, 6.07) is 0. The van der Waals surface area contributed by atoms with Crippen LogP contribution >= 0.6 is 0 Å². The summed E-state index contributed by atoms with van der Waals surface area (Å²) < 4.78 is 4.67. The SMILES string of the molecule is [O]N1CCOC1. The average molecular weight is 88.1 g/mol. The molecule has 0 amide bonds. The van der Waals surface area contributed by atoms with E-state index in [0.29, 0.717) is 13.2 Å². The fourth-order valence-electron chi connectivity index (χ4n) is 0.397. The third-order valence-corrected chi connectivity index (χ3v) is 0.720. The van der Waals surface area contributed by atoms with E-state index in [1.165, 1.54) is 0 Å². The summed E-state index contributed by atoms with van der Waals surface area (Å²) in [6.07, 6.45) is 0. The van der Waals surface area contributed by atoms with Gasteiger partial charge in [0.15, 0.2) is 0 Å². The predicted molar refractivity (Wildman–Crippen MR) is 18.2 cm³/mol. The van der Waals surface area contributed by atoms with Gasteiger partial charge < -0.3 is 4.74 Å². The minimum absolute atomic E-state index is 0.264. The minimum atomic E-state index is 0.264. The van der Waals surface area contributed by atoms with Crippen molar-refractivity contribution in [2.45, 2.75) is 0 Å². The van der Waals surface area contributed by atoms with Crippen molar-refractivity contribution in [3.63, 3.8) is 0 Å². The molecule has 35 valence electrons. The largest absolute Gasteiger partial charge is 0.362 e. The highest BCUT2D eigenvalue weighted by atomic mass is 16.6. The first-order valence-corrected chi connectivity index (χ1v) is 1.89. The van der Waals surface area contributed by atoms with Gasteiger partial charge in [-0.3, -0.25) is 0 Å². The third kappa shape index (κ3) is 0.680. The lowest BCUT2D eigenvalue weighted by molar-refractivity contribution is -0.160.